The average molecular weight is 234 g/mol. The van der Waals surface area contributed by atoms with Gasteiger partial charge in [0.2, 0.25) is 5.88 Å². The minimum atomic E-state index is -1.04. The second kappa shape index (κ2) is 4.60. The van der Waals surface area contributed by atoms with Crippen LogP contribution >= 0.6 is 0 Å². The van der Waals surface area contributed by atoms with Gasteiger partial charge in [-0.1, -0.05) is 0 Å². The Hall–Kier alpha value is -2.44. The van der Waals surface area contributed by atoms with Gasteiger partial charge < -0.3 is 9.84 Å². The lowest BCUT2D eigenvalue weighted by atomic mass is 10.3. The number of ether oxygens (including phenoxy) is 1. The van der Waals surface area contributed by atoms with Gasteiger partial charge in [-0.3, -0.25) is 14.6 Å². The van der Waals surface area contributed by atoms with Crippen molar-refractivity contribution in [1.29, 1.82) is 0 Å². The van der Waals surface area contributed by atoms with Crippen LogP contribution in [0.5, 0.6) is 5.88 Å². The Balaban J connectivity index is 2.22. The van der Waals surface area contributed by atoms with Crippen molar-refractivity contribution in [3.63, 3.8) is 0 Å². The topological polar surface area (TPSA) is 90.1 Å². The number of hydrogen-bond acceptors (Lipinski definition) is 5. The van der Waals surface area contributed by atoms with Gasteiger partial charge in [0.1, 0.15) is 5.69 Å². The smallest absolute Gasteiger partial charge is 0.341 e. The molecule has 0 fully saturated rings. The molecule has 17 heavy (non-hydrogen) atoms. The summed E-state index contributed by atoms with van der Waals surface area (Å²) in [5.74, 6) is -0.799. The lowest BCUT2D eigenvalue weighted by Crippen LogP contribution is -2.09. The molecule has 88 valence electrons. The van der Waals surface area contributed by atoms with Crippen molar-refractivity contribution in [2.75, 3.05) is 6.61 Å². The summed E-state index contributed by atoms with van der Waals surface area (Å²) in [5, 5.41) is 12.5. The zero-order valence-electron chi connectivity index (χ0n) is 9.07. The van der Waals surface area contributed by atoms with Crippen molar-refractivity contribution in [2.24, 2.45) is 7.05 Å². The zero-order chi connectivity index (χ0) is 12.3. The summed E-state index contributed by atoms with van der Waals surface area (Å²) < 4.78 is 6.53. The van der Waals surface area contributed by atoms with Gasteiger partial charge in [-0.2, -0.15) is 0 Å². The lowest BCUT2D eigenvalue weighted by molar-refractivity contribution is -0.139. The first-order valence-electron chi connectivity index (χ1n) is 4.82. The molecule has 2 aromatic heterocycles. The summed E-state index contributed by atoms with van der Waals surface area (Å²) in [6.07, 6.45) is 4.74. The van der Waals surface area contributed by atoms with Crippen LogP contribution in [-0.4, -0.2) is 37.4 Å². The molecule has 0 spiro atoms. The number of carboxylic acid groups (broad SMARTS) is 1. The van der Waals surface area contributed by atoms with Crippen LogP contribution in [0.1, 0.15) is 0 Å². The molecule has 0 atom stereocenters. The van der Waals surface area contributed by atoms with Crippen LogP contribution < -0.4 is 4.74 Å². The number of rotatable bonds is 4. The monoisotopic (exact) mass is 234 g/mol. The van der Waals surface area contributed by atoms with Gasteiger partial charge in [-0.05, 0) is 0 Å². The van der Waals surface area contributed by atoms with Crippen LogP contribution in [0.2, 0.25) is 0 Å². The van der Waals surface area contributed by atoms with Gasteiger partial charge >= 0.3 is 5.97 Å². The van der Waals surface area contributed by atoms with E-state index in [1.807, 2.05) is 0 Å². The standard InChI is InChI=1S/C10H10N4O3/c1-14-8(7-5-11-2-3-12-7)4-9(13-14)17-6-10(15)16/h2-5H,6H2,1H3,(H,15,16). The predicted octanol–water partition coefficient (Wildman–Crippen LogP) is 0.340. The minimum Gasteiger partial charge on any atom is -0.479 e. The van der Waals surface area contributed by atoms with Crippen LogP contribution in [0.4, 0.5) is 0 Å². The minimum absolute atomic E-state index is 0.246. The summed E-state index contributed by atoms with van der Waals surface area (Å²) in [6.45, 7) is -0.420. The molecule has 0 saturated carbocycles. The Morgan fingerprint density at radius 2 is 2.35 bits per heavy atom. The number of aryl methyl sites for hydroxylation is 1. The molecule has 7 nitrogen and oxygen atoms in total. The lowest BCUT2D eigenvalue weighted by Gasteiger charge is -1.97. The maximum absolute atomic E-state index is 10.4. The highest BCUT2D eigenvalue weighted by Gasteiger charge is 2.10. The second-order valence-corrected chi connectivity index (χ2v) is 3.26. The van der Waals surface area contributed by atoms with Crippen molar-refractivity contribution in [3.05, 3.63) is 24.7 Å². The number of carbonyl (C=O) groups is 1. The van der Waals surface area contributed by atoms with E-state index in [1.165, 1.54) is 0 Å². The van der Waals surface area contributed by atoms with E-state index < -0.39 is 12.6 Å². The molecule has 2 aromatic rings. The third kappa shape index (κ3) is 2.57. The number of aromatic nitrogens is 4. The molecule has 0 unspecified atom stereocenters. The highest BCUT2D eigenvalue weighted by atomic mass is 16.5. The molecule has 2 rings (SSSR count). The van der Waals surface area contributed by atoms with Gasteiger partial charge in [0.05, 0.1) is 11.9 Å². The maximum Gasteiger partial charge on any atom is 0.341 e. The number of nitrogens with zero attached hydrogens (tertiary/aromatic N) is 4. The van der Waals surface area contributed by atoms with Crippen LogP contribution in [-0.2, 0) is 11.8 Å². The third-order valence-corrected chi connectivity index (χ3v) is 2.03. The van der Waals surface area contributed by atoms with Crippen molar-refractivity contribution in [3.8, 4) is 17.3 Å². The normalized spacial score (nSPS) is 10.2. The summed E-state index contributed by atoms with van der Waals surface area (Å²) in [7, 11) is 1.72. The third-order valence-electron chi connectivity index (χ3n) is 2.03. The first kappa shape index (κ1) is 11.1. The molecule has 0 amide bonds. The van der Waals surface area contributed by atoms with E-state index in [9.17, 15) is 4.79 Å². The van der Waals surface area contributed by atoms with Gasteiger partial charge in [0.25, 0.3) is 0 Å². The van der Waals surface area contributed by atoms with Crippen molar-refractivity contribution < 1.29 is 14.6 Å². The zero-order valence-corrected chi connectivity index (χ0v) is 9.07. The molecular weight excluding hydrogens is 224 g/mol. The summed E-state index contributed by atoms with van der Waals surface area (Å²) >= 11 is 0. The highest BCUT2D eigenvalue weighted by Crippen LogP contribution is 2.20. The molecule has 2 heterocycles. The van der Waals surface area contributed by atoms with Crippen LogP contribution in [0.25, 0.3) is 11.4 Å². The van der Waals surface area contributed by atoms with E-state index in [-0.39, 0.29) is 5.88 Å². The van der Waals surface area contributed by atoms with E-state index >= 15 is 0 Å². The summed E-state index contributed by atoms with van der Waals surface area (Å²) in [4.78, 5) is 18.4. The molecular formula is C10H10N4O3. The molecule has 0 saturated heterocycles. The van der Waals surface area contributed by atoms with E-state index in [4.69, 9.17) is 9.84 Å². The van der Waals surface area contributed by atoms with Gasteiger partial charge in [0.15, 0.2) is 6.61 Å². The molecule has 0 aliphatic carbocycles. The van der Waals surface area contributed by atoms with Crippen LogP contribution in [0.15, 0.2) is 24.7 Å². The second-order valence-electron chi connectivity index (χ2n) is 3.26. The fourth-order valence-corrected chi connectivity index (χ4v) is 1.32. The molecule has 0 aliphatic heterocycles. The quantitative estimate of drug-likeness (QED) is 0.820. The largest absolute Gasteiger partial charge is 0.479 e. The van der Waals surface area contributed by atoms with Crippen LogP contribution in [0.3, 0.4) is 0 Å². The summed E-state index contributed by atoms with van der Waals surface area (Å²) in [6, 6.07) is 1.62. The SMILES string of the molecule is Cn1nc(OCC(=O)O)cc1-c1cnccn1. The highest BCUT2D eigenvalue weighted by molar-refractivity contribution is 5.68. The van der Waals surface area contributed by atoms with Crippen molar-refractivity contribution in [1.82, 2.24) is 19.7 Å². The first-order valence-corrected chi connectivity index (χ1v) is 4.82. The Bertz CT molecular complexity index is 524. The number of carboxylic acids is 1. The molecule has 7 heteroatoms. The number of aliphatic carboxylic acids is 1. The van der Waals surface area contributed by atoms with E-state index in [2.05, 4.69) is 15.1 Å². The van der Waals surface area contributed by atoms with E-state index in [1.54, 1.807) is 36.4 Å². The molecule has 0 aromatic carbocycles. The predicted molar refractivity (Wildman–Crippen MR) is 57.4 cm³/mol. The van der Waals surface area contributed by atoms with Crippen molar-refractivity contribution >= 4 is 5.97 Å². The molecule has 0 bridgehead atoms. The Morgan fingerprint density at radius 3 is 3.00 bits per heavy atom. The van der Waals surface area contributed by atoms with E-state index in [0.717, 1.165) is 0 Å². The van der Waals surface area contributed by atoms with Gasteiger partial charge in [-0.25, -0.2) is 4.79 Å². The summed E-state index contributed by atoms with van der Waals surface area (Å²) in [5.41, 5.74) is 1.35. The Kier molecular flexibility index (Phi) is 2.99. The van der Waals surface area contributed by atoms with E-state index in [0.29, 0.717) is 11.4 Å². The maximum atomic E-state index is 10.4. The molecule has 0 aliphatic rings. The average Bonchev–Trinajstić information content (AvgIpc) is 2.69. The fourth-order valence-electron chi connectivity index (χ4n) is 1.32. The molecule has 1 N–H and O–H groups in total. The first-order chi connectivity index (χ1) is 8.16. The van der Waals surface area contributed by atoms with Crippen LogP contribution in [0, 0.1) is 0 Å². The van der Waals surface area contributed by atoms with Crippen molar-refractivity contribution in [2.45, 2.75) is 0 Å². The number of hydrogen-bond donors (Lipinski definition) is 1. The Morgan fingerprint density at radius 1 is 1.53 bits per heavy atom. The Labute approximate surface area is 96.7 Å². The van der Waals surface area contributed by atoms with Gasteiger partial charge in [-0.15, -0.1) is 5.10 Å². The van der Waals surface area contributed by atoms with Gasteiger partial charge in [0, 0.05) is 25.5 Å². The molecule has 0 radical (unpaired) electrons. The fraction of sp³-hybridized carbons (Fsp3) is 0.200.